The molecule has 0 atom stereocenters. The van der Waals surface area contributed by atoms with Crippen LogP contribution in [0.25, 0.3) is 10.9 Å². The number of anilines is 1. The summed E-state index contributed by atoms with van der Waals surface area (Å²) in [5.74, 6) is 0.163. The van der Waals surface area contributed by atoms with Crippen LogP contribution in [0.1, 0.15) is 6.92 Å². The number of hydrogen-bond donors (Lipinski definition) is 0. The summed E-state index contributed by atoms with van der Waals surface area (Å²) >= 11 is 0. The number of carbonyl (C=O) groups excluding carboxylic acids is 1. The van der Waals surface area contributed by atoms with Gasteiger partial charge in [0.05, 0.1) is 11.2 Å². The van der Waals surface area contributed by atoms with Crippen LogP contribution in [0.5, 0.6) is 0 Å². The van der Waals surface area contributed by atoms with Gasteiger partial charge in [-0.15, -0.1) is 0 Å². The smallest absolute Gasteiger partial charge is 0.219 e. The molecule has 0 saturated carbocycles. The van der Waals surface area contributed by atoms with Crippen LogP contribution in [-0.4, -0.2) is 42.0 Å². The van der Waals surface area contributed by atoms with Gasteiger partial charge >= 0.3 is 0 Å². The lowest BCUT2D eigenvalue weighted by atomic mass is 10.1. The van der Waals surface area contributed by atoms with Crippen molar-refractivity contribution in [3.63, 3.8) is 0 Å². The fraction of sp³-hybridized carbons (Fsp3) is 0.333. The molecule has 0 N–H and O–H groups in total. The van der Waals surface area contributed by atoms with Gasteiger partial charge in [0.15, 0.2) is 0 Å². The minimum atomic E-state index is 0.163. The Morgan fingerprint density at radius 2 is 1.84 bits per heavy atom. The average Bonchev–Trinajstić information content (AvgIpc) is 2.47. The Morgan fingerprint density at radius 1 is 1.11 bits per heavy atom. The van der Waals surface area contributed by atoms with Crippen molar-refractivity contribution in [3.05, 3.63) is 36.5 Å². The zero-order valence-electron chi connectivity index (χ0n) is 11.0. The number of piperazine rings is 1. The van der Waals surface area contributed by atoms with Crippen molar-refractivity contribution in [2.24, 2.45) is 0 Å². The molecular formula is C15H17N3O. The maximum absolute atomic E-state index is 11.3. The Bertz CT molecular complexity index is 598. The minimum absolute atomic E-state index is 0.163. The quantitative estimate of drug-likeness (QED) is 0.781. The number of benzene rings is 1. The summed E-state index contributed by atoms with van der Waals surface area (Å²) in [4.78, 5) is 20.0. The van der Waals surface area contributed by atoms with Crippen molar-refractivity contribution in [1.29, 1.82) is 0 Å². The molecule has 98 valence electrons. The SMILES string of the molecule is CC(=O)N1CCN(c2cccc3cccnc23)CC1. The van der Waals surface area contributed by atoms with Gasteiger partial charge in [0.25, 0.3) is 0 Å². The van der Waals surface area contributed by atoms with Crippen molar-refractivity contribution < 1.29 is 4.79 Å². The van der Waals surface area contributed by atoms with E-state index in [9.17, 15) is 4.79 Å². The molecule has 1 amide bonds. The summed E-state index contributed by atoms with van der Waals surface area (Å²) < 4.78 is 0. The number of fused-ring (bicyclic) bond motifs is 1. The van der Waals surface area contributed by atoms with Gasteiger partial charge in [-0.25, -0.2) is 0 Å². The van der Waals surface area contributed by atoms with Gasteiger partial charge in [-0.3, -0.25) is 9.78 Å². The number of amides is 1. The Hall–Kier alpha value is -2.10. The molecule has 2 heterocycles. The Kier molecular flexibility index (Phi) is 3.07. The summed E-state index contributed by atoms with van der Waals surface area (Å²) in [6, 6.07) is 10.3. The van der Waals surface area contributed by atoms with E-state index in [2.05, 4.69) is 34.1 Å². The van der Waals surface area contributed by atoms with Crippen molar-refractivity contribution in [2.45, 2.75) is 6.92 Å². The monoisotopic (exact) mass is 255 g/mol. The molecule has 1 aliphatic rings. The number of para-hydroxylation sites is 1. The van der Waals surface area contributed by atoms with E-state index in [0.29, 0.717) is 0 Å². The summed E-state index contributed by atoms with van der Waals surface area (Å²) in [6.45, 7) is 4.96. The number of pyridine rings is 1. The molecule has 19 heavy (non-hydrogen) atoms. The van der Waals surface area contributed by atoms with Crippen LogP contribution in [0, 0.1) is 0 Å². The fourth-order valence-corrected chi connectivity index (χ4v) is 2.61. The van der Waals surface area contributed by atoms with E-state index in [1.807, 2.05) is 17.2 Å². The highest BCUT2D eigenvalue weighted by atomic mass is 16.2. The van der Waals surface area contributed by atoms with Gasteiger partial charge in [0.1, 0.15) is 0 Å². The Morgan fingerprint density at radius 3 is 2.58 bits per heavy atom. The molecule has 1 fully saturated rings. The second-order valence-electron chi connectivity index (χ2n) is 4.85. The average molecular weight is 255 g/mol. The number of rotatable bonds is 1. The molecule has 0 bridgehead atoms. The van der Waals surface area contributed by atoms with E-state index in [1.54, 1.807) is 6.92 Å². The van der Waals surface area contributed by atoms with Gasteiger partial charge in [-0.2, -0.15) is 0 Å². The van der Waals surface area contributed by atoms with Gasteiger partial charge in [-0.1, -0.05) is 18.2 Å². The molecule has 4 heteroatoms. The van der Waals surface area contributed by atoms with Crippen LogP contribution in [0.4, 0.5) is 5.69 Å². The molecule has 3 rings (SSSR count). The maximum Gasteiger partial charge on any atom is 0.219 e. The third-order valence-electron chi connectivity index (χ3n) is 3.68. The molecule has 4 nitrogen and oxygen atoms in total. The summed E-state index contributed by atoms with van der Waals surface area (Å²) in [6.07, 6.45) is 1.83. The first kappa shape index (κ1) is 12.0. The first-order valence-electron chi connectivity index (χ1n) is 6.60. The van der Waals surface area contributed by atoms with E-state index in [0.717, 1.165) is 37.1 Å². The normalized spacial score (nSPS) is 15.8. The third-order valence-corrected chi connectivity index (χ3v) is 3.68. The van der Waals surface area contributed by atoms with Crippen LogP contribution >= 0.6 is 0 Å². The summed E-state index contributed by atoms with van der Waals surface area (Å²) in [5.41, 5.74) is 2.21. The van der Waals surface area contributed by atoms with Gasteiger partial charge in [0.2, 0.25) is 5.91 Å². The standard InChI is InChI=1S/C15H17N3O/c1-12(19)17-8-10-18(11-9-17)14-6-2-4-13-5-3-7-16-15(13)14/h2-7H,8-11H2,1H3. The molecule has 0 radical (unpaired) electrons. The molecule has 1 aliphatic heterocycles. The van der Waals surface area contributed by atoms with Crippen molar-refractivity contribution >= 4 is 22.5 Å². The van der Waals surface area contributed by atoms with E-state index in [-0.39, 0.29) is 5.91 Å². The second kappa shape index (κ2) is 4.88. The molecule has 2 aromatic rings. The highest BCUT2D eigenvalue weighted by Gasteiger charge is 2.20. The Balaban J connectivity index is 1.88. The lowest BCUT2D eigenvalue weighted by Gasteiger charge is -2.35. The Labute approximate surface area is 112 Å². The predicted molar refractivity (Wildman–Crippen MR) is 76.2 cm³/mol. The van der Waals surface area contributed by atoms with Crippen molar-refractivity contribution in [1.82, 2.24) is 9.88 Å². The highest BCUT2D eigenvalue weighted by Crippen LogP contribution is 2.25. The summed E-state index contributed by atoms with van der Waals surface area (Å²) in [7, 11) is 0. The van der Waals surface area contributed by atoms with Crippen LogP contribution in [-0.2, 0) is 4.79 Å². The molecule has 1 aromatic heterocycles. The number of nitrogens with zero attached hydrogens (tertiary/aromatic N) is 3. The van der Waals surface area contributed by atoms with Crippen molar-refractivity contribution in [3.8, 4) is 0 Å². The van der Waals surface area contributed by atoms with E-state index in [1.165, 1.54) is 5.69 Å². The van der Waals surface area contributed by atoms with Crippen LogP contribution < -0.4 is 4.90 Å². The second-order valence-corrected chi connectivity index (χ2v) is 4.85. The maximum atomic E-state index is 11.3. The zero-order valence-corrected chi connectivity index (χ0v) is 11.0. The molecule has 1 aromatic carbocycles. The van der Waals surface area contributed by atoms with Crippen LogP contribution in [0.15, 0.2) is 36.5 Å². The number of aromatic nitrogens is 1. The van der Waals surface area contributed by atoms with Crippen LogP contribution in [0.2, 0.25) is 0 Å². The lowest BCUT2D eigenvalue weighted by molar-refractivity contribution is -0.129. The predicted octanol–water partition coefficient (Wildman–Crippen LogP) is 1.90. The van der Waals surface area contributed by atoms with Gasteiger partial charge in [-0.05, 0) is 12.1 Å². The van der Waals surface area contributed by atoms with Crippen molar-refractivity contribution in [2.75, 3.05) is 31.1 Å². The molecular weight excluding hydrogens is 238 g/mol. The fourth-order valence-electron chi connectivity index (χ4n) is 2.61. The summed E-state index contributed by atoms with van der Waals surface area (Å²) in [5, 5.41) is 1.16. The number of hydrogen-bond acceptors (Lipinski definition) is 3. The van der Waals surface area contributed by atoms with E-state index in [4.69, 9.17) is 0 Å². The van der Waals surface area contributed by atoms with Gasteiger partial charge in [0, 0.05) is 44.7 Å². The first-order chi connectivity index (χ1) is 9.25. The third kappa shape index (κ3) is 2.26. The topological polar surface area (TPSA) is 36.4 Å². The molecule has 1 saturated heterocycles. The highest BCUT2D eigenvalue weighted by molar-refractivity contribution is 5.90. The lowest BCUT2D eigenvalue weighted by Crippen LogP contribution is -2.48. The molecule has 0 unspecified atom stereocenters. The van der Waals surface area contributed by atoms with Gasteiger partial charge < -0.3 is 9.80 Å². The largest absolute Gasteiger partial charge is 0.366 e. The first-order valence-corrected chi connectivity index (χ1v) is 6.60. The molecule has 0 aliphatic carbocycles. The molecule has 0 spiro atoms. The van der Waals surface area contributed by atoms with Crippen LogP contribution in [0.3, 0.4) is 0 Å². The van der Waals surface area contributed by atoms with E-state index >= 15 is 0 Å². The number of carbonyl (C=O) groups is 1. The minimum Gasteiger partial charge on any atom is -0.366 e. The van der Waals surface area contributed by atoms with E-state index < -0.39 is 0 Å². The zero-order chi connectivity index (χ0) is 13.2.